The van der Waals surface area contributed by atoms with E-state index >= 15 is 0 Å². The van der Waals surface area contributed by atoms with Crippen LogP contribution in [0, 0.1) is 10.1 Å². The molecule has 2 heterocycles. The van der Waals surface area contributed by atoms with Crippen molar-refractivity contribution in [2.24, 2.45) is 0 Å². The van der Waals surface area contributed by atoms with Gasteiger partial charge in [-0.1, -0.05) is 16.8 Å². The smallest absolute Gasteiger partial charge is 0.269 e. The van der Waals surface area contributed by atoms with Crippen LogP contribution in [0.5, 0.6) is 11.5 Å². The second-order valence-corrected chi connectivity index (χ2v) is 6.96. The number of hydrogen-bond donors (Lipinski definition) is 0. The van der Waals surface area contributed by atoms with E-state index in [4.69, 9.17) is 25.6 Å². The minimum atomic E-state index is -0.459. The lowest BCUT2D eigenvalue weighted by molar-refractivity contribution is -0.384. The third-order valence-electron chi connectivity index (χ3n) is 3.75. The van der Waals surface area contributed by atoms with Crippen LogP contribution in [-0.2, 0) is 5.75 Å². The Morgan fingerprint density at radius 3 is 2.56 bits per heavy atom. The molecule has 27 heavy (non-hydrogen) atoms. The second-order valence-electron chi connectivity index (χ2n) is 5.53. The van der Waals surface area contributed by atoms with Gasteiger partial charge in [-0.15, -0.1) is 11.8 Å². The van der Waals surface area contributed by atoms with Crippen LogP contribution in [0.15, 0.2) is 45.8 Å². The zero-order valence-electron chi connectivity index (χ0n) is 13.8. The van der Waals surface area contributed by atoms with Gasteiger partial charge >= 0.3 is 0 Å². The fourth-order valence-corrected chi connectivity index (χ4v) is 3.56. The lowest BCUT2D eigenvalue weighted by Crippen LogP contribution is -2.15. The molecular formula is C17H12ClN3O5S. The Balaban J connectivity index is 1.46. The minimum absolute atomic E-state index is 0.00581. The van der Waals surface area contributed by atoms with Gasteiger partial charge in [-0.05, 0) is 18.2 Å². The zero-order valence-corrected chi connectivity index (χ0v) is 15.3. The Morgan fingerprint density at radius 2 is 1.85 bits per heavy atom. The first-order valence-corrected chi connectivity index (χ1v) is 9.26. The van der Waals surface area contributed by atoms with Gasteiger partial charge in [-0.25, -0.2) is 0 Å². The molecule has 1 aromatic heterocycles. The van der Waals surface area contributed by atoms with E-state index in [2.05, 4.69) is 10.1 Å². The quantitative estimate of drug-likeness (QED) is 0.350. The van der Waals surface area contributed by atoms with Crippen LogP contribution in [0.3, 0.4) is 0 Å². The fourth-order valence-electron chi connectivity index (χ4n) is 2.46. The van der Waals surface area contributed by atoms with Gasteiger partial charge in [0.1, 0.15) is 13.2 Å². The van der Waals surface area contributed by atoms with Crippen molar-refractivity contribution >= 4 is 29.1 Å². The highest BCUT2D eigenvalue weighted by Gasteiger charge is 2.17. The summed E-state index contributed by atoms with van der Waals surface area (Å²) in [6.45, 7) is 1.00. The normalized spacial score (nSPS) is 12.8. The molecule has 4 rings (SSSR count). The van der Waals surface area contributed by atoms with Crippen molar-refractivity contribution in [2.75, 3.05) is 13.2 Å². The number of nitro groups is 1. The van der Waals surface area contributed by atoms with Crippen LogP contribution in [-0.4, -0.2) is 28.3 Å². The van der Waals surface area contributed by atoms with E-state index in [1.807, 2.05) is 6.07 Å². The Morgan fingerprint density at radius 1 is 1.15 bits per heavy atom. The Bertz CT molecular complexity index is 993. The van der Waals surface area contributed by atoms with Crippen molar-refractivity contribution in [1.82, 2.24) is 10.1 Å². The standard InChI is InChI=1S/C17H12ClN3O5S/c18-12-7-13-14(25-6-5-24-13)8-15(12)27-9-16-19-17(20-26-16)10-1-3-11(4-2-10)21(22)23/h1-4,7-8H,5-6,9H2. The Labute approximate surface area is 162 Å². The summed E-state index contributed by atoms with van der Waals surface area (Å²) in [6.07, 6.45) is 0. The molecule has 0 atom stereocenters. The van der Waals surface area contributed by atoms with Gasteiger partial charge in [-0.3, -0.25) is 10.1 Å². The monoisotopic (exact) mass is 405 g/mol. The third kappa shape index (κ3) is 3.83. The summed E-state index contributed by atoms with van der Waals surface area (Å²) < 4.78 is 16.3. The molecule has 0 saturated heterocycles. The van der Waals surface area contributed by atoms with Gasteiger partial charge in [0.2, 0.25) is 11.7 Å². The zero-order chi connectivity index (χ0) is 18.8. The molecule has 0 N–H and O–H groups in total. The molecular weight excluding hydrogens is 394 g/mol. The molecule has 0 radical (unpaired) electrons. The summed E-state index contributed by atoms with van der Waals surface area (Å²) in [5, 5.41) is 15.2. The van der Waals surface area contributed by atoms with Gasteiger partial charge in [0.15, 0.2) is 11.5 Å². The first-order valence-electron chi connectivity index (χ1n) is 7.89. The molecule has 3 aromatic rings. The highest BCUT2D eigenvalue weighted by Crippen LogP contribution is 2.40. The molecule has 0 aliphatic carbocycles. The van der Waals surface area contributed by atoms with Crippen molar-refractivity contribution in [3.63, 3.8) is 0 Å². The SMILES string of the molecule is O=[N+]([O-])c1ccc(-c2noc(CSc3cc4c(cc3Cl)OCCO4)n2)cc1. The molecule has 138 valence electrons. The lowest BCUT2D eigenvalue weighted by atomic mass is 10.2. The molecule has 1 aliphatic rings. The van der Waals surface area contributed by atoms with Crippen LogP contribution < -0.4 is 9.47 Å². The van der Waals surface area contributed by atoms with Crippen molar-refractivity contribution in [3.05, 3.63) is 57.4 Å². The van der Waals surface area contributed by atoms with Gasteiger partial charge in [0.05, 0.1) is 15.7 Å². The average Bonchev–Trinajstić information content (AvgIpc) is 3.15. The van der Waals surface area contributed by atoms with Crippen molar-refractivity contribution in [3.8, 4) is 22.9 Å². The molecule has 10 heteroatoms. The van der Waals surface area contributed by atoms with Crippen molar-refractivity contribution < 1.29 is 18.9 Å². The molecule has 0 amide bonds. The molecule has 0 unspecified atom stereocenters. The van der Waals surface area contributed by atoms with Gasteiger partial charge < -0.3 is 14.0 Å². The molecule has 0 fully saturated rings. The molecule has 0 spiro atoms. The first kappa shape index (κ1) is 17.6. The maximum absolute atomic E-state index is 10.7. The van der Waals surface area contributed by atoms with Crippen LogP contribution in [0.4, 0.5) is 5.69 Å². The number of ether oxygens (including phenoxy) is 2. The summed E-state index contributed by atoms with van der Waals surface area (Å²) in [6, 6.07) is 9.52. The number of nitrogens with zero attached hydrogens (tertiary/aromatic N) is 3. The lowest BCUT2D eigenvalue weighted by Gasteiger charge is -2.19. The highest BCUT2D eigenvalue weighted by atomic mass is 35.5. The van der Waals surface area contributed by atoms with E-state index in [0.717, 1.165) is 4.90 Å². The van der Waals surface area contributed by atoms with Gasteiger partial charge in [-0.2, -0.15) is 4.98 Å². The second kappa shape index (κ2) is 7.45. The largest absolute Gasteiger partial charge is 0.486 e. The third-order valence-corrected chi connectivity index (χ3v) is 5.22. The number of rotatable bonds is 5. The van der Waals surface area contributed by atoms with Crippen LogP contribution in [0.2, 0.25) is 5.02 Å². The molecule has 0 saturated carbocycles. The summed E-state index contributed by atoms with van der Waals surface area (Å²) in [7, 11) is 0. The van der Waals surface area contributed by atoms with E-state index in [-0.39, 0.29) is 5.69 Å². The molecule has 1 aliphatic heterocycles. The Hall–Kier alpha value is -2.78. The number of hydrogen-bond acceptors (Lipinski definition) is 8. The molecule has 0 bridgehead atoms. The topological polar surface area (TPSA) is 101 Å². The van der Waals surface area contributed by atoms with E-state index in [1.54, 1.807) is 18.2 Å². The number of nitro benzene ring substituents is 1. The predicted octanol–water partition coefficient (Wildman–Crippen LogP) is 4.36. The maximum atomic E-state index is 10.7. The van der Waals surface area contributed by atoms with Crippen LogP contribution in [0.25, 0.3) is 11.4 Å². The van der Waals surface area contributed by atoms with Crippen LogP contribution in [0.1, 0.15) is 5.89 Å². The van der Waals surface area contributed by atoms with E-state index < -0.39 is 4.92 Å². The minimum Gasteiger partial charge on any atom is -0.486 e. The number of benzene rings is 2. The summed E-state index contributed by atoms with van der Waals surface area (Å²) in [5.41, 5.74) is 0.643. The highest BCUT2D eigenvalue weighted by molar-refractivity contribution is 7.98. The number of aromatic nitrogens is 2. The van der Waals surface area contributed by atoms with Crippen molar-refractivity contribution in [1.29, 1.82) is 0 Å². The Kier molecular flexibility index (Phi) is 4.87. The number of non-ortho nitro benzene ring substituents is 1. The summed E-state index contributed by atoms with van der Waals surface area (Å²) in [4.78, 5) is 15.4. The maximum Gasteiger partial charge on any atom is 0.269 e. The molecule has 2 aromatic carbocycles. The summed E-state index contributed by atoms with van der Waals surface area (Å²) >= 11 is 7.73. The van der Waals surface area contributed by atoms with Crippen molar-refractivity contribution in [2.45, 2.75) is 10.6 Å². The van der Waals surface area contributed by atoms with E-state index in [9.17, 15) is 10.1 Å². The first-order chi connectivity index (χ1) is 13.1. The number of halogens is 1. The van der Waals surface area contributed by atoms with Crippen LogP contribution >= 0.6 is 23.4 Å². The molecule has 8 nitrogen and oxygen atoms in total. The predicted molar refractivity (Wildman–Crippen MR) is 98.4 cm³/mol. The fraction of sp³-hybridized carbons (Fsp3) is 0.176. The van der Waals surface area contributed by atoms with Gasteiger partial charge in [0, 0.05) is 28.7 Å². The number of thioether (sulfide) groups is 1. The summed E-state index contributed by atoms with van der Waals surface area (Å²) in [5.74, 6) is 2.49. The van der Waals surface area contributed by atoms with E-state index in [1.165, 1.54) is 23.9 Å². The van der Waals surface area contributed by atoms with E-state index in [0.29, 0.717) is 52.8 Å². The van der Waals surface area contributed by atoms with Gasteiger partial charge in [0.25, 0.3) is 5.69 Å². The average molecular weight is 406 g/mol. The number of fused-ring (bicyclic) bond motifs is 1.